The van der Waals surface area contributed by atoms with E-state index in [2.05, 4.69) is 24.0 Å². The van der Waals surface area contributed by atoms with E-state index in [0.717, 1.165) is 18.4 Å². The van der Waals surface area contributed by atoms with Gasteiger partial charge in [0.25, 0.3) is 0 Å². The lowest BCUT2D eigenvalue weighted by atomic mass is 9.98. The summed E-state index contributed by atoms with van der Waals surface area (Å²) in [4.78, 5) is 14.6. The molecule has 7 heteroatoms. The van der Waals surface area contributed by atoms with Crippen molar-refractivity contribution in [3.05, 3.63) is 30.3 Å². The van der Waals surface area contributed by atoms with Crippen LogP contribution in [0.3, 0.4) is 0 Å². The molecule has 1 aromatic heterocycles. The predicted octanol–water partition coefficient (Wildman–Crippen LogP) is 2.54. The molecule has 2 N–H and O–H groups in total. The molecule has 0 bridgehead atoms. The number of rotatable bonds is 4. The first-order chi connectivity index (χ1) is 11.6. The SMILES string of the molecule is C[C@H]1CCC[C@H](C)N1C(=O)CSc1nnc(-c2ccccc2)n1N. The number of piperidine rings is 1. The van der Waals surface area contributed by atoms with Gasteiger partial charge in [0.05, 0.1) is 5.75 Å². The Kier molecular flexibility index (Phi) is 5.08. The van der Waals surface area contributed by atoms with Crippen molar-refractivity contribution < 1.29 is 4.79 Å². The molecule has 2 heterocycles. The lowest BCUT2D eigenvalue weighted by Crippen LogP contribution is -2.48. The largest absolute Gasteiger partial charge is 0.337 e. The molecule has 0 spiro atoms. The number of carbonyl (C=O) groups excluding carboxylic acids is 1. The summed E-state index contributed by atoms with van der Waals surface area (Å²) in [6.45, 7) is 4.24. The quantitative estimate of drug-likeness (QED) is 0.681. The summed E-state index contributed by atoms with van der Waals surface area (Å²) in [6.07, 6.45) is 3.34. The number of nitrogen functional groups attached to an aromatic ring is 1. The van der Waals surface area contributed by atoms with Gasteiger partial charge in [0.2, 0.25) is 11.1 Å². The van der Waals surface area contributed by atoms with Crippen LogP contribution in [0.2, 0.25) is 0 Å². The van der Waals surface area contributed by atoms with E-state index in [4.69, 9.17) is 5.84 Å². The number of likely N-dealkylation sites (tertiary alicyclic amines) is 1. The van der Waals surface area contributed by atoms with E-state index in [1.165, 1.54) is 22.9 Å². The summed E-state index contributed by atoms with van der Waals surface area (Å²) in [5.74, 6) is 7.18. The van der Waals surface area contributed by atoms with E-state index in [-0.39, 0.29) is 5.91 Å². The molecule has 1 saturated heterocycles. The van der Waals surface area contributed by atoms with Crippen molar-refractivity contribution in [1.82, 2.24) is 19.8 Å². The Labute approximate surface area is 146 Å². The summed E-state index contributed by atoms with van der Waals surface area (Å²) < 4.78 is 1.45. The molecule has 0 unspecified atom stereocenters. The molecule has 0 saturated carbocycles. The summed E-state index contributed by atoms with van der Waals surface area (Å²) >= 11 is 1.34. The Hall–Kier alpha value is -2.02. The van der Waals surface area contributed by atoms with E-state index in [0.29, 0.717) is 28.8 Å². The second-order valence-corrected chi connectivity index (χ2v) is 7.20. The maximum Gasteiger partial charge on any atom is 0.233 e. The Morgan fingerprint density at radius 3 is 2.54 bits per heavy atom. The first kappa shape index (κ1) is 16.8. The van der Waals surface area contributed by atoms with Crippen LogP contribution in [-0.2, 0) is 4.79 Å². The van der Waals surface area contributed by atoms with Gasteiger partial charge in [-0.15, -0.1) is 10.2 Å². The molecule has 1 aromatic carbocycles. The van der Waals surface area contributed by atoms with Gasteiger partial charge in [0.15, 0.2) is 5.82 Å². The zero-order chi connectivity index (χ0) is 17.1. The van der Waals surface area contributed by atoms with Gasteiger partial charge in [-0.25, -0.2) is 4.68 Å². The van der Waals surface area contributed by atoms with Gasteiger partial charge in [0.1, 0.15) is 0 Å². The third-order valence-electron chi connectivity index (χ3n) is 4.50. The molecule has 1 fully saturated rings. The Morgan fingerprint density at radius 1 is 1.21 bits per heavy atom. The van der Waals surface area contributed by atoms with Gasteiger partial charge in [0, 0.05) is 17.6 Å². The molecular formula is C17H23N5OS. The number of carbonyl (C=O) groups is 1. The average molecular weight is 345 g/mol. The van der Waals surface area contributed by atoms with Gasteiger partial charge in [-0.1, -0.05) is 42.1 Å². The number of thioether (sulfide) groups is 1. The molecular weight excluding hydrogens is 322 g/mol. The minimum absolute atomic E-state index is 0.143. The third kappa shape index (κ3) is 3.40. The van der Waals surface area contributed by atoms with Gasteiger partial charge in [-0.2, -0.15) is 0 Å². The van der Waals surface area contributed by atoms with Gasteiger partial charge >= 0.3 is 0 Å². The minimum atomic E-state index is 0.143. The smallest absolute Gasteiger partial charge is 0.233 e. The molecule has 24 heavy (non-hydrogen) atoms. The van der Waals surface area contributed by atoms with Crippen LogP contribution < -0.4 is 5.84 Å². The van der Waals surface area contributed by atoms with Crippen LogP contribution in [0.25, 0.3) is 11.4 Å². The van der Waals surface area contributed by atoms with E-state index >= 15 is 0 Å². The normalized spacial score (nSPS) is 21.0. The molecule has 128 valence electrons. The lowest BCUT2D eigenvalue weighted by molar-refractivity contribution is -0.134. The molecule has 1 aliphatic rings. The zero-order valence-corrected chi connectivity index (χ0v) is 14.9. The highest BCUT2D eigenvalue weighted by Gasteiger charge is 2.29. The lowest BCUT2D eigenvalue weighted by Gasteiger charge is -2.39. The van der Waals surface area contributed by atoms with Crippen molar-refractivity contribution in [3.8, 4) is 11.4 Å². The molecule has 1 aliphatic heterocycles. The highest BCUT2D eigenvalue weighted by atomic mass is 32.2. The van der Waals surface area contributed by atoms with Crippen molar-refractivity contribution in [3.63, 3.8) is 0 Å². The van der Waals surface area contributed by atoms with Crippen LogP contribution in [0.4, 0.5) is 0 Å². The average Bonchev–Trinajstić information content (AvgIpc) is 2.94. The van der Waals surface area contributed by atoms with Crippen molar-refractivity contribution >= 4 is 17.7 Å². The van der Waals surface area contributed by atoms with E-state index < -0.39 is 0 Å². The monoisotopic (exact) mass is 345 g/mol. The van der Waals surface area contributed by atoms with Gasteiger partial charge in [-0.3, -0.25) is 4.79 Å². The first-order valence-electron chi connectivity index (χ1n) is 8.27. The van der Waals surface area contributed by atoms with Crippen LogP contribution in [-0.4, -0.2) is 43.5 Å². The number of nitrogens with zero attached hydrogens (tertiary/aromatic N) is 4. The zero-order valence-electron chi connectivity index (χ0n) is 14.1. The van der Waals surface area contributed by atoms with Crippen LogP contribution in [0.1, 0.15) is 33.1 Å². The van der Waals surface area contributed by atoms with Crippen molar-refractivity contribution in [2.45, 2.75) is 50.4 Å². The van der Waals surface area contributed by atoms with Crippen LogP contribution in [0, 0.1) is 0 Å². The van der Waals surface area contributed by atoms with Gasteiger partial charge in [-0.05, 0) is 33.1 Å². The highest BCUT2D eigenvalue weighted by molar-refractivity contribution is 7.99. The fraction of sp³-hybridized carbons (Fsp3) is 0.471. The topological polar surface area (TPSA) is 77.0 Å². The van der Waals surface area contributed by atoms with Crippen LogP contribution in [0.15, 0.2) is 35.5 Å². The summed E-state index contributed by atoms with van der Waals surface area (Å²) in [5, 5.41) is 8.83. The Balaban J connectivity index is 1.67. The van der Waals surface area contributed by atoms with Crippen LogP contribution >= 0.6 is 11.8 Å². The van der Waals surface area contributed by atoms with Gasteiger partial charge < -0.3 is 10.7 Å². The maximum absolute atomic E-state index is 12.6. The van der Waals surface area contributed by atoms with E-state index in [1.54, 1.807) is 0 Å². The number of hydrogen-bond acceptors (Lipinski definition) is 5. The highest BCUT2D eigenvalue weighted by Crippen LogP contribution is 2.25. The number of benzene rings is 1. The third-order valence-corrected chi connectivity index (χ3v) is 5.43. The summed E-state index contributed by atoms with van der Waals surface area (Å²) in [6, 6.07) is 10.3. The molecule has 3 rings (SSSR count). The molecule has 0 radical (unpaired) electrons. The molecule has 2 atom stereocenters. The summed E-state index contributed by atoms with van der Waals surface area (Å²) in [5.41, 5.74) is 0.906. The fourth-order valence-electron chi connectivity index (χ4n) is 3.27. The second-order valence-electron chi connectivity index (χ2n) is 6.26. The molecule has 6 nitrogen and oxygen atoms in total. The van der Waals surface area contributed by atoms with Crippen molar-refractivity contribution in [2.24, 2.45) is 0 Å². The minimum Gasteiger partial charge on any atom is -0.337 e. The van der Waals surface area contributed by atoms with E-state index in [9.17, 15) is 4.79 Å². The molecule has 2 aromatic rings. The number of nitrogens with two attached hydrogens (primary N) is 1. The summed E-state index contributed by atoms with van der Waals surface area (Å²) in [7, 11) is 0. The Morgan fingerprint density at radius 2 is 1.88 bits per heavy atom. The number of amides is 1. The standard InChI is InChI=1S/C17H23N5OS/c1-12-7-6-8-13(2)21(12)15(23)11-24-17-20-19-16(22(17)18)14-9-4-3-5-10-14/h3-5,9-10,12-13H,6-8,11,18H2,1-2H3/t12-,13-/m0/s1. The number of hydrogen-bond donors (Lipinski definition) is 1. The Bertz CT molecular complexity index is 692. The number of aromatic nitrogens is 3. The fourth-order valence-corrected chi connectivity index (χ4v) is 4.00. The predicted molar refractivity (Wildman–Crippen MR) is 96.0 cm³/mol. The molecule has 1 amide bonds. The first-order valence-corrected chi connectivity index (χ1v) is 9.26. The molecule has 0 aliphatic carbocycles. The second kappa shape index (κ2) is 7.25. The van der Waals surface area contributed by atoms with E-state index in [1.807, 2.05) is 35.2 Å². The maximum atomic E-state index is 12.6. The van der Waals surface area contributed by atoms with Crippen molar-refractivity contribution in [2.75, 3.05) is 11.6 Å². The van der Waals surface area contributed by atoms with Crippen molar-refractivity contribution in [1.29, 1.82) is 0 Å². The van der Waals surface area contributed by atoms with Crippen LogP contribution in [0.5, 0.6) is 0 Å².